The fraction of sp³-hybridized carbons (Fsp3) is 0.182. The van der Waals surface area contributed by atoms with Gasteiger partial charge in [0.15, 0.2) is 5.82 Å². The van der Waals surface area contributed by atoms with E-state index in [0.29, 0.717) is 22.6 Å². The topological polar surface area (TPSA) is 160 Å². The number of hydrogen-bond donors (Lipinski definition) is 3. The second-order valence-corrected chi connectivity index (χ2v) is 10.9. The quantitative estimate of drug-likeness (QED) is 0.306. The van der Waals surface area contributed by atoms with Gasteiger partial charge in [-0.05, 0) is 38.1 Å². The highest BCUT2D eigenvalue weighted by Crippen LogP contribution is 2.31. The first-order valence-electron chi connectivity index (χ1n) is 10.7. The van der Waals surface area contributed by atoms with E-state index >= 15 is 0 Å². The van der Waals surface area contributed by atoms with E-state index in [1.54, 1.807) is 13.1 Å². The number of thiazole rings is 1. The Morgan fingerprint density at radius 3 is 2.50 bits per heavy atom. The molecule has 0 bridgehead atoms. The number of nitrogens with one attached hydrogen (secondary N) is 3. The zero-order valence-corrected chi connectivity index (χ0v) is 21.2. The Balaban J connectivity index is 1.43. The third kappa shape index (κ3) is 5.70. The molecular weight excluding hydrogens is 547 g/mol. The molecule has 3 aromatic heterocycles. The molecule has 11 nitrogen and oxygen atoms in total. The molecule has 3 heterocycles. The van der Waals surface area contributed by atoms with E-state index in [4.69, 9.17) is 0 Å². The molecule has 0 aliphatic heterocycles. The minimum absolute atomic E-state index is 0.0825. The van der Waals surface area contributed by atoms with E-state index in [-0.39, 0.29) is 16.3 Å². The monoisotopic (exact) mass is 565 g/mol. The normalized spacial score (nSPS) is 12.7. The van der Waals surface area contributed by atoms with Gasteiger partial charge >= 0.3 is 5.51 Å². The minimum Gasteiger partial charge on any atom is -0.342 e. The molecule has 0 aliphatic rings. The third-order valence-corrected chi connectivity index (χ3v) is 7.68. The number of aromatic amines is 1. The molecule has 16 heteroatoms. The standard InChI is InChI=1S/C22H18F3N7O4S2/c1-11-8-26-18(30-11)15-7-16(29-10-28-15)19(33)31-12(2)21-27-9-17(37-21)20(34)32-13-4-3-5-14(6-13)38(35,36)22(23,24)25/h3-10,12H,1-2H3,(H,26,30)(H,31,33)(H,32,34). The Bertz CT molecular complexity index is 1620. The van der Waals surface area contributed by atoms with Gasteiger partial charge in [0.05, 0.1) is 17.1 Å². The van der Waals surface area contributed by atoms with Gasteiger partial charge in [0.1, 0.15) is 27.6 Å². The smallest absolute Gasteiger partial charge is 0.342 e. The average molecular weight is 566 g/mol. The van der Waals surface area contributed by atoms with Crippen LogP contribution in [-0.4, -0.2) is 50.7 Å². The van der Waals surface area contributed by atoms with Gasteiger partial charge in [-0.25, -0.2) is 28.4 Å². The maximum Gasteiger partial charge on any atom is 0.501 e. The van der Waals surface area contributed by atoms with Crippen molar-refractivity contribution in [2.45, 2.75) is 30.3 Å². The average Bonchev–Trinajstić information content (AvgIpc) is 3.53. The number of benzene rings is 1. The van der Waals surface area contributed by atoms with Crippen LogP contribution in [0.25, 0.3) is 11.5 Å². The van der Waals surface area contributed by atoms with Gasteiger partial charge in [-0.1, -0.05) is 6.07 Å². The van der Waals surface area contributed by atoms with E-state index in [9.17, 15) is 31.2 Å². The summed E-state index contributed by atoms with van der Waals surface area (Å²) in [4.78, 5) is 43.8. The number of anilines is 1. The van der Waals surface area contributed by atoms with Crippen LogP contribution in [0.5, 0.6) is 0 Å². The van der Waals surface area contributed by atoms with Crippen LogP contribution in [0, 0.1) is 6.92 Å². The number of aryl methyl sites for hydroxylation is 1. The van der Waals surface area contributed by atoms with Crippen LogP contribution in [0.4, 0.5) is 18.9 Å². The van der Waals surface area contributed by atoms with E-state index in [1.165, 1.54) is 24.7 Å². The van der Waals surface area contributed by atoms with Gasteiger partial charge in [-0.3, -0.25) is 9.59 Å². The fourth-order valence-electron chi connectivity index (χ4n) is 3.15. The first-order chi connectivity index (χ1) is 17.8. The predicted octanol–water partition coefficient (Wildman–Crippen LogP) is 3.67. The Morgan fingerprint density at radius 1 is 1.05 bits per heavy atom. The highest BCUT2D eigenvalue weighted by Gasteiger charge is 2.46. The first-order valence-corrected chi connectivity index (χ1v) is 13.0. The Labute approximate surface area is 217 Å². The maximum atomic E-state index is 12.8. The van der Waals surface area contributed by atoms with Crippen LogP contribution in [-0.2, 0) is 9.84 Å². The molecule has 4 rings (SSSR count). The molecule has 0 radical (unpaired) electrons. The molecule has 4 aromatic rings. The van der Waals surface area contributed by atoms with Gasteiger partial charge in [0.2, 0.25) is 0 Å². The number of halogens is 3. The van der Waals surface area contributed by atoms with Crippen LogP contribution in [0.1, 0.15) is 43.8 Å². The molecule has 0 aliphatic carbocycles. The summed E-state index contributed by atoms with van der Waals surface area (Å²) in [6.07, 6.45) is 4.08. The third-order valence-electron chi connectivity index (χ3n) is 5.02. The number of carbonyl (C=O) groups is 2. The lowest BCUT2D eigenvalue weighted by Crippen LogP contribution is -2.27. The summed E-state index contributed by atoms with van der Waals surface area (Å²) in [7, 11) is -5.57. The highest BCUT2D eigenvalue weighted by molar-refractivity contribution is 7.92. The molecule has 38 heavy (non-hydrogen) atoms. The zero-order valence-electron chi connectivity index (χ0n) is 19.6. The number of sulfone groups is 1. The summed E-state index contributed by atoms with van der Waals surface area (Å²) < 4.78 is 61.8. The molecule has 198 valence electrons. The molecule has 0 fully saturated rings. The number of nitrogens with zero attached hydrogens (tertiary/aromatic N) is 4. The summed E-state index contributed by atoms with van der Waals surface area (Å²) >= 11 is 0.938. The van der Waals surface area contributed by atoms with Crippen molar-refractivity contribution >= 4 is 38.7 Å². The first kappa shape index (κ1) is 26.9. The van der Waals surface area contributed by atoms with Crippen molar-refractivity contribution < 1.29 is 31.2 Å². The number of rotatable bonds is 7. The number of imidazole rings is 1. The molecular formula is C22H18F3N7O4S2. The van der Waals surface area contributed by atoms with Crippen molar-refractivity contribution in [1.82, 2.24) is 30.2 Å². The lowest BCUT2D eigenvalue weighted by molar-refractivity contribution is -0.0436. The number of carbonyl (C=O) groups excluding carboxylic acids is 2. The Kier molecular flexibility index (Phi) is 7.28. The van der Waals surface area contributed by atoms with Gasteiger partial charge in [-0.2, -0.15) is 13.2 Å². The predicted molar refractivity (Wildman–Crippen MR) is 130 cm³/mol. The van der Waals surface area contributed by atoms with Crippen LogP contribution < -0.4 is 10.6 Å². The molecule has 3 N–H and O–H groups in total. The summed E-state index contributed by atoms with van der Waals surface area (Å²) in [5, 5.41) is 5.44. The van der Waals surface area contributed by atoms with E-state index in [0.717, 1.165) is 29.2 Å². The zero-order chi connectivity index (χ0) is 27.7. The molecule has 1 aromatic carbocycles. The van der Waals surface area contributed by atoms with Crippen molar-refractivity contribution in [3.8, 4) is 11.5 Å². The minimum atomic E-state index is -5.57. The lowest BCUT2D eigenvalue weighted by Gasteiger charge is -2.11. The molecule has 0 spiro atoms. The van der Waals surface area contributed by atoms with E-state index < -0.39 is 38.1 Å². The number of amides is 2. The number of alkyl halides is 3. The van der Waals surface area contributed by atoms with Gasteiger partial charge in [0, 0.05) is 17.6 Å². The van der Waals surface area contributed by atoms with Gasteiger partial charge in [0.25, 0.3) is 21.7 Å². The summed E-state index contributed by atoms with van der Waals surface area (Å²) in [6.45, 7) is 3.47. The SMILES string of the molecule is Cc1cnc(-c2cc(C(=O)NC(C)c3ncc(C(=O)Nc4cccc(S(=O)(=O)C(F)(F)F)c4)s3)ncn2)[nH]1. The molecule has 2 amide bonds. The maximum absolute atomic E-state index is 12.8. The Hall–Kier alpha value is -4.18. The molecule has 0 saturated heterocycles. The van der Waals surface area contributed by atoms with Gasteiger partial charge < -0.3 is 15.6 Å². The van der Waals surface area contributed by atoms with Crippen molar-refractivity contribution in [2.75, 3.05) is 5.32 Å². The summed E-state index contributed by atoms with van der Waals surface area (Å²) in [6, 6.07) is 4.66. The Morgan fingerprint density at radius 2 is 1.82 bits per heavy atom. The van der Waals surface area contributed by atoms with Crippen molar-refractivity contribution in [2.24, 2.45) is 0 Å². The fourth-order valence-corrected chi connectivity index (χ4v) is 4.77. The van der Waals surface area contributed by atoms with Crippen molar-refractivity contribution in [3.05, 3.63) is 70.3 Å². The van der Waals surface area contributed by atoms with E-state index in [2.05, 4.69) is 35.6 Å². The van der Waals surface area contributed by atoms with Gasteiger partial charge in [-0.15, -0.1) is 11.3 Å². The molecule has 1 atom stereocenters. The molecule has 0 saturated carbocycles. The highest BCUT2D eigenvalue weighted by atomic mass is 32.2. The lowest BCUT2D eigenvalue weighted by atomic mass is 10.2. The number of H-pyrrole nitrogens is 1. The number of hydrogen-bond acceptors (Lipinski definition) is 9. The van der Waals surface area contributed by atoms with Crippen molar-refractivity contribution in [1.29, 1.82) is 0 Å². The van der Waals surface area contributed by atoms with Crippen LogP contribution in [0.15, 0.2) is 53.9 Å². The van der Waals surface area contributed by atoms with Crippen LogP contribution >= 0.6 is 11.3 Å². The second-order valence-electron chi connectivity index (χ2n) is 7.89. The largest absolute Gasteiger partial charge is 0.501 e. The van der Waals surface area contributed by atoms with Crippen LogP contribution in [0.2, 0.25) is 0 Å². The number of aromatic nitrogens is 5. The summed E-state index contributed by atoms with van der Waals surface area (Å²) in [5.74, 6) is -0.763. The van der Waals surface area contributed by atoms with Crippen LogP contribution in [0.3, 0.4) is 0 Å². The second kappa shape index (κ2) is 10.3. The summed E-state index contributed by atoms with van der Waals surface area (Å²) in [5.41, 5.74) is -4.30. The molecule has 1 unspecified atom stereocenters. The van der Waals surface area contributed by atoms with E-state index in [1.807, 2.05) is 6.92 Å². The van der Waals surface area contributed by atoms with Crippen molar-refractivity contribution in [3.63, 3.8) is 0 Å².